The van der Waals surface area contributed by atoms with E-state index in [0.717, 1.165) is 43.3 Å². The number of carbonyl (C=O) groups excluding carboxylic acids is 1. The number of thioether (sulfide) groups is 1. The van der Waals surface area contributed by atoms with Gasteiger partial charge in [0.05, 0.1) is 6.10 Å². The number of carboxylic acid groups (broad SMARTS) is 1. The fourth-order valence-electron chi connectivity index (χ4n) is 6.90. The smallest absolute Gasteiger partial charge is 0.320 e. The van der Waals surface area contributed by atoms with Crippen molar-refractivity contribution in [3.8, 4) is 0 Å². The minimum absolute atomic E-state index is 0.0823. The summed E-state index contributed by atoms with van der Waals surface area (Å²) in [5.74, 6) is 2.47. The van der Waals surface area contributed by atoms with E-state index in [2.05, 4.69) is 13.8 Å². The van der Waals surface area contributed by atoms with E-state index in [1.54, 1.807) is 11.8 Å². The second-order valence-electron chi connectivity index (χ2n) is 10.3. The summed E-state index contributed by atoms with van der Waals surface area (Å²) in [5.41, 5.74) is 7.08. The third-order valence-corrected chi connectivity index (χ3v) is 9.51. The third-order valence-electron chi connectivity index (χ3n) is 8.86. The van der Waals surface area contributed by atoms with E-state index in [1.807, 2.05) is 12.3 Å². The number of allylic oxidation sites excluding steroid dienone is 1. The van der Waals surface area contributed by atoms with Gasteiger partial charge in [0.2, 0.25) is 0 Å². The van der Waals surface area contributed by atoms with Crippen molar-refractivity contribution >= 4 is 23.5 Å². The molecule has 170 valence electrons. The van der Waals surface area contributed by atoms with Gasteiger partial charge in [-0.25, -0.2) is 0 Å². The largest absolute Gasteiger partial charge is 0.480 e. The molecule has 4 aliphatic carbocycles. The second-order valence-corrected chi connectivity index (χ2v) is 11.3. The highest BCUT2D eigenvalue weighted by Crippen LogP contribution is 2.65. The number of fused-ring (bicyclic) bond motifs is 5. The van der Waals surface area contributed by atoms with E-state index >= 15 is 0 Å². The Morgan fingerprint density at radius 1 is 1.20 bits per heavy atom. The van der Waals surface area contributed by atoms with Crippen molar-refractivity contribution in [2.75, 3.05) is 12.0 Å². The van der Waals surface area contributed by atoms with Crippen LogP contribution in [-0.2, 0) is 9.59 Å². The highest BCUT2D eigenvalue weighted by molar-refractivity contribution is 7.98. The fraction of sp³-hybridized carbons (Fsp3) is 0.833. The summed E-state index contributed by atoms with van der Waals surface area (Å²) >= 11 is 1.60. The van der Waals surface area contributed by atoms with Crippen LogP contribution >= 0.6 is 11.8 Å². The molecule has 0 spiro atoms. The number of ketones is 1. The lowest BCUT2D eigenvalue weighted by Gasteiger charge is -2.57. The molecule has 4 aliphatic rings. The van der Waals surface area contributed by atoms with Gasteiger partial charge in [0, 0.05) is 6.42 Å². The molecule has 0 bridgehead atoms. The Morgan fingerprint density at radius 2 is 1.93 bits per heavy atom. The van der Waals surface area contributed by atoms with E-state index in [0.29, 0.717) is 18.1 Å². The maximum atomic E-state index is 11.8. The molecule has 0 aromatic rings. The summed E-state index contributed by atoms with van der Waals surface area (Å²) in [6.45, 7) is 4.76. The van der Waals surface area contributed by atoms with Crippen LogP contribution in [0.3, 0.4) is 0 Å². The molecule has 3 fully saturated rings. The minimum atomic E-state index is -0.913. The van der Waals surface area contributed by atoms with Crippen LogP contribution in [0.2, 0.25) is 0 Å². The van der Waals surface area contributed by atoms with Crippen LogP contribution in [0.25, 0.3) is 0 Å². The summed E-state index contributed by atoms with van der Waals surface area (Å²) in [7, 11) is 0. The molecule has 3 saturated carbocycles. The van der Waals surface area contributed by atoms with Crippen LogP contribution in [-0.4, -0.2) is 46.1 Å². The van der Waals surface area contributed by atoms with E-state index in [1.165, 1.54) is 31.3 Å². The average Bonchev–Trinajstić information content (AvgIpc) is 3.02. The van der Waals surface area contributed by atoms with Crippen LogP contribution in [0.5, 0.6) is 0 Å². The zero-order valence-corrected chi connectivity index (χ0v) is 19.5. The Hall–Kier alpha value is -0.850. The molecule has 4 rings (SSSR count). The van der Waals surface area contributed by atoms with Crippen molar-refractivity contribution in [3.63, 3.8) is 0 Å². The highest BCUT2D eigenvalue weighted by atomic mass is 32.2. The minimum Gasteiger partial charge on any atom is -0.480 e. The molecule has 1 unspecified atom stereocenters. The SMILES string of the molecule is CSCCC(N)C(=O)O.C[C@]12CC[C@H]3[C@@H](CCC4=CC(=O)CC[C@@]43C)[C@@H]1CC[C@@H]2O. The van der Waals surface area contributed by atoms with Crippen molar-refractivity contribution in [2.24, 2.45) is 34.3 Å². The summed E-state index contributed by atoms with van der Waals surface area (Å²) < 4.78 is 0. The van der Waals surface area contributed by atoms with E-state index in [9.17, 15) is 14.7 Å². The van der Waals surface area contributed by atoms with Gasteiger partial charge in [0.15, 0.2) is 5.78 Å². The van der Waals surface area contributed by atoms with Crippen LogP contribution in [0, 0.1) is 28.6 Å². The first-order valence-electron chi connectivity index (χ1n) is 11.5. The topological polar surface area (TPSA) is 101 Å². The van der Waals surface area contributed by atoms with Gasteiger partial charge < -0.3 is 15.9 Å². The normalized spacial score (nSPS) is 40.8. The Balaban J connectivity index is 0.000000244. The first-order chi connectivity index (χ1) is 14.1. The van der Waals surface area contributed by atoms with Gasteiger partial charge in [-0.05, 0) is 98.0 Å². The van der Waals surface area contributed by atoms with Gasteiger partial charge in [0.1, 0.15) is 6.04 Å². The molecule has 0 aromatic carbocycles. The van der Waals surface area contributed by atoms with Crippen molar-refractivity contribution in [2.45, 2.75) is 83.8 Å². The first-order valence-corrected chi connectivity index (χ1v) is 12.9. The number of aliphatic carboxylic acids is 1. The quantitative estimate of drug-likeness (QED) is 0.614. The number of hydrogen-bond acceptors (Lipinski definition) is 5. The molecule has 0 aliphatic heterocycles. The number of aliphatic hydroxyl groups excluding tert-OH is 1. The third kappa shape index (κ3) is 4.37. The number of aliphatic hydroxyl groups is 1. The van der Waals surface area contributed by atoms with E-state index in [-0.39, 0.29) is 16.9 Å². The Morgan fingerprint density at radius 3 is 2.60 bits per heavy atom. The van der Waals surface area contributed by atoms with Crippen LogP contribution in [0.1, 0.15) is 71.6 Å². The number of hydrogen-bond donors (Lipinski definition) is 3. The van der Waals surface area contributed by atoms with Crippen LogP contribution < -0.4 is 5.73 Å². The first kappa shape index (κ1) is 23.8. The lowest BCUT2D eigenvalue weighted by molar-refractivity contribution is -0.138. The van der Waals surface area contributed by atoms with Crippen LogP contribution in [0.15, 0.2) is 11.6 Å². The number of carbonyl (C=O) groups is 2. The maximum absolute atomic E-state index is 11.8. The highest BCUT2D eigenvalue weighted by Gasteiger charge is 2.58. The average molecular weight is 438 g/mol. The van der Waals surface area contributed by atoms with Gasteiger partial charge in [0.25, 0.3) is 0 Å². The van der Waals surface area contributed by atoms with E-state index < -0.39 is 12.0 Å². The molecule has 0 radical (unpaired) electrons. The molecule has 5 nitrogen and oxygen atoms in total. The monoisotopic (exact) mass is 437 g/mol. The van der Waals surface area contributed by atoms with Gasteiger partial charge in [-0.2, -0.15) is 11.8 Å². The Bertz CT molecular complexity index is 695. The number of nitrogens with two attached hydrogens (primary N) is 1. The van der Waals surface area contributed by atoms with Crippen molar-refractivity contribution < 1.29 is 19.8 Å². The lowest BCUT2D eigenvalue weighted by Crippen LogP contribution is -2.51. The molecular weight excluding hydrogens is 398 g/mol. The predicted octanol–water partition coefficient (Wildman–Crippen LogP) is 4.03. The van der Waals surface area contributed by atoms with Gasteiger partial charge >= 0.3 is 5.97 Å². The molecule has 0 saturated heterocycles. The lowest BCUT2D eigenvalue weighted by atomic mass is 9.47. The molecule has 6 heteroatoms. The zero-order valence-electron chi connectivity index (χ0n) is 18.7. The predicted molar refractivity (Wildman–Crippen MR) is 121 cm³/mol. The number of carboxylic acids is 1. The number of rotatable bonds is 4. The summed E-state index contributed by atoms with van der Waals surface area (Å²) in [6, 6.07) is -0.683. The van der Waals surface area contributed by atoms with Crippen molar-refractivity contribution in [3.05, 3.63) is 11.6 Å². The van der Waals surface area contributed by atoms with E-state index in [4.69, 9.17) is 10.8 Å². The van der Waals surface area contributed by atoms with Gasteiger partial charge in [-0.3, -0.25) is 9.59 Å². The fourth-order valence-corrected chi connectivity index (χ4v) is 7.39. The molecule has 0 heterocycles. The molecular formula is C24H39NO4S. The zero-order chi connectivity index (χ0) is 22.1. The van der Waals surface area contributed by atoms with Crippen molar-refractivity contribution in [1.29, 1.82) is 0 Å². The standard InChI is InChI=1S/C19H28O2.C5H11NO2S/c1-18-9-7-13(20)11-12(18)3-4-14-15-5-6-17(21)19(15,2)10-8-16(14)18;1-9-3-2-4(6)5(7)8/h11,14-17,21H,3-10H2,1-2H3;4H,2-3,6H2,1H3,(H,7,8)/t14-,15-,16-,17-,18-,19-;/m0./s1. The summed E-state index contributed by atoms with van der Waals surface area (Å²) in [4.78, 5) is 21.9. The maximum Gasteiger partial charge on any atom is 0.320 e. The molecule has 4 N–H and O–H groups in total. The Kier molecular flexibility index (Phi) is 7.41. The van der Waals surface area contributed by atoms with Gasteiger partial charge in [-0.15, -0.1) is 0 Å². The molecule has 30 heavy (non-hydrogen) atoms. The molecule has 0 aromatic heterocycles. The summed E-state index contributed by atoms with van der Waals surface area (Å²) in [6.07, 6.45) is 13.2. The molecule has 7 atom stereocenters. The van der Waals surface area contributed by atoms with Gasteiger partial charge in [-0.1, -0.05) is 19.4 Å². The van der Waals surface area contributed by atoms with Crippen molar-refractivity contribution in [1.82, 2.24) is 0 Å². The molecule has 0 amide bonds. The summed E-state index contributed by atoms with van der Waals surface area (Å²) in [5, 5.41) is 18.7. The van der Waals surface area contributed by atoms with Crippen LogP contribution in [0.4, 0.5) is 0 Å². The Labute approximate surface area is 185 Å². The second kappa shape index (κ2) is 9.33.